The molecular weight excluding hydrogens is 503 g/mol. The van der Waals surface area contributed by atoms with E-state index in [1.165, 1.54) is 5.56 Å². The number of carbonyl (C=O) groups excluding carboxylic acids is 2. The van der Waals surface area contributed by atoms with Crippen LogP contribution in [-0.2, 0) is 13.1 Å². The Labute approximate surface area is 218 Å². The van der Waals surface area contributed by atoms with Crippen LogP contribution in [0.15, 0.2) is 84.9 Å². The fraction of sp³-hybridized carbons (Fsp3) is 0.143. The van der Waals surface area contributed by atoms with Gasteiger partial charge in [0.25, 0.3) is 9.70 Å². The van der Waals surface area contributed by atoms with Crippen molar-refractivity contribution in [2.75, 3.05) is 4.90 Å². The molecule has 0 fully saturated rings. The highest BCUT2D eigenvalue weighted by Crippen LogP contribution is 2.35. The minimum Gasteiger partial charge on any atom is -0.336 e. The van der Waals surface area contributed by atoms with Crippen LogP contribution in [-0.4, -0.2) is 20.1 Å². The molecule has 4 nitrogen and oxygen atoms in total. The lowest BCUT2D eigenvalue weighted by Crippen LogP contribution is -2.30. The molecule has 0 saturated heterocycles. The number of hydrogen-bond acceptors (Lipinski definition) is 2. The topological polar surface area (TPSA) is 42.3 Å². The van der Waals surface area contributed by atoms with E-state index in [4.69, 9.17) is 34.8 Å². The molecule has 1 aromatic heterocycles. The molecule has 0 spiro atoms. The number of aryl methyl sites for hydroxylation is 1. The van der Waals surface area contributed by atoms with E-state index in [2.05, 4.69) is 19.1 Å². The van der Waals surface area contributed by atoms with Crippen LogP contribution in [0.25, 0.3) is 11.1 Å². The van der Waals surface area contributed by atoms with Crippen LogP contribution in [0.5, 0.6) is 0 Å². The van der Waals surface area contributed by atoms with Crippen LogP contribution in [0.2, 0.25) is 0 Å². The lowest BCUT2D eigenvalue weighted by molar-refractivity contribution is 0.0981. The third-order valence-electron chi connectivity index (χ3n) is 6.33. The number of amides is 1. The van der Waals surface area contributed by atoms with Crippen molar-refractivity contribution < 1.29 is 9.59 Å². The second kappa shape index (κ2) is 9.19. The number of rotatable bonds is 3. The van der Waals surface area contributed by atoms with Gasteiger partial charge in [0, 0.05) is 16.9 Å². The normalized spacial score (nSPS) is 13.1. The summed E-state index contributed by atoms with van der Waals surface area (Å²) in [7, 11) is 0. The van der Waals surface area contributed by atoms with Crippen molar-refractivity contribution >= 4 is 52.2 Å². The van der Waals surface area contributed by atoms with Crippen LogP contribution in [0, 0.1) is 6.92 Å². The predicted molar refractivity (Wildman–Crippen MR) is 142 cm³/mol. The molecule has 0 radical (unpaired) electrons. The lowest BCUT2D eigenvalue weighted by atomic mass is 9.99. The quantitative estimate of drug-likeness (QED) is 0.210. The number of ketones is 1. The van der Waals surface area contributed by atoms with Crippen molar-refractivity contribution in [3.8, 4) is 11.1 Å². The summed E-state index contributed by atoms with van der Waals surface area (Å²) in [5, 5.41) is 0. The number of hydrogen-bond donors (Lipinski definition) is 0. The average molecular weight is 524 g/mol. The number of halogens is 3. The van der Waals surface area contributed by atoms with E-state index in [1.54, 1.807) is 17.0 Å². The van der Waals surface area contributed by atoms with Crippen molar-refractivity contribution in [3.63, 3.8) is 0 Å². The Morgan fingerprint density at radius 3 is 2.20 bits per heavy atom. The lowest BCUT2D eigenvalue weighted by Gasteiger charge is -2.23. The molecule has 0 aliphatic carbocycles. The van der Waals surface area contributed by atoms with Gasteiger partial charge < -0.3 is 9.47 Å². The van der Waals surface area contributed by atoms with Crippen LogP contribution in [0.4, 0.5) is 5.69 Å². The third-order valence-corrected chi connectivity index (χ3v) is 6.84. The fourth-order valence-corrected chi connectivity index (χ4v) is 4.82. The zero-order chi connectivity index (χ0) is 24.7. The summed E-state index contributed by atoms with van der Waals surface area (Å²) in [5.74, 6) is -0.726. The van der Waals surface area contributed by atoms with E-state index in [9.17, 15) is 9.59 Å². The van der Waals surface area contributed by atoms with Gasteiger partial charge in [-0.05, 0) is 59.5 Å². The standard InChI is InChI=1S/C28H21Cl3N2O2/c1-18-6-2-4-8-23(18)19-10-12-20(13-11-19)27(35)33-17-22-14-15-25(26(34)28(29,30)31)32(22)16-21-7-3-5-9-24(21)33/h2-15H,16-17H2,1H3. The van der Waals surface area contributed by atoms with E-state index in [0.717, 1.165) is 28.1 Å². The van der Waals surface area contributed by atoms with Crippen molar-refractivity contribution in [1.82, 2.24) is 4.57 Å². The molecule has 1 aliphatic rings. The molecule has 2 heterocycles. The number of carbonyl (C=O) groups is 2. The number of Topliss-reactive ketones (excluding diaryl/α,β-unsaturated/α-hetero) is 1. The van der Waals surface area contributed by atoms with Crippen LogP contribution < -0.4 is 4.90 Å². The van der Waals surface area contributed by atoms with Crippen LogP contribution in [0.1, 0.15) is 37.7 Å². The average Bonchev–Trinajstić information content (AvgIpc) is 3.15. The first-order valence-electron chi connectivity index (χ1n) is 11.1. The molecule has 7 heteroatoms. The monoisotopic (exact) mass is 522 g/mol. The Balaban J connectivity index is 1.52. The maximum atomic E-state index is 13.7. The van der Waals surface area contributed by atoms with Gasteiger partial charge in [-0.15, -0.1) is 0 Å². The smallest absolute Gasteiger partial charge is 0.258 e. The zero-order valence-electron chi connectivity index (χ0n) is 18.8. The molecule has 0 bridgehead atoms. The zero-order valence-corrected chi connectivity index (χ0v) is 21.1. The Bertz CT molecular complexity index is 1440. The second-order valence-electron chi connectivity index (χ2n) is 8.54. The maximum absolute atomic E-state index is 13.7. The molecule has 1 aliphatic heterocycles. The van der Waals surface area contributed by atoms with Crippen molar-refractivity contribution in [1.29, 1.82) is 0 Å². The van der Waals surface area contributed by atoms with Crippen molar-refractivity contribution in [2.24, 2.45) is 0 Å². The first-order valence-corrected chi connectivity index (χ1v) is 12.2. The summed E-state index contributed by atoms with van der Waals surface area (Å²) < 4.78 is -0.243. The molecule has 35 heavy (non-hydrogen) atoms. The Morgan fingerprint density at radius 2 is 1.49 bits per heavy atom. The number of aromatic nitrogens is 1. The molecule has 0 saturated carbocycles. The van der Waals surface area contributed by atoms with E-state index in [-0.39, 0.29) is 12.5 Å². The predicted octanol–water partition coefficient (Wildman–Crippen LogP) is 7.23. The molecule has 0 atom stereocenters. The van der Waals surface area contributed by atoms with Crippen LogP contribution in [0.3, 0.4) is 0 Å². The molecule has 1 amide bonds. The molecule has 176 valence electrons. The minimum atomic E-state index is -2.06. The number of para-hydroxylation sites is 1. The largest absolute Gasteiger partial charge is 0.336 e. The van der Waals surface area contributed by atoms with Gasteiger partial charge in [-0.3, -0.25) is 9.59 Å². The number of benzene rings is 3. The second-order valence-corrected chi connectivity index (χ2v) is 10.8. The Hall–Kier alpha value is -3.05. The van der Waals surface area contributed by atoms with Crippen LogP contribution >= 0.6 is 34.8 Å². The number of anilines is 1. The van der Waals surface area contributed by atoms with E-state index in [1.807, 2.05) is 65.2 Å². The fourth-order valence-electron chi connectivity index (χ4n) is 4.53. The third kappa shape index (κ3) is 4.50. The summed E-state index contributed by atoms with van der Waals surface area (Å²) in [4.78, 5) is 28.2. The molecule has 3 aromatic carbocycles. The van der Waals surface area contributed by atoms with Gasteiger partial charge in [0.15, 0.2) is 0 Å². The van der Waals surface area contributed by atoms with Gasteiger partial charge in [-0.2, -0.15) is 0 Å². The summed E-state index contributed by atoms with van der Waals surface area (Å²) in [5.41, 5.74) is 6.71. The van der Waals surface area contributed by atoms with Gasteiger partial charge in [0.1, 0.15) is 0 Å². The number of alkyl halides is 3. The van der Waals surface area contributed by atoms with Gasteiger partial charge in [-0.1, -0.05) is 89.4 Å². The highest BCUT2D eigenvalue weighted by Gasteiger charge is 2.35. The Kier molecular flexibility index (Phi) is 6.22. The number of fused-ring (bicyclic) bond motifs is 2. The molecule has 0 unspecified atom stereocenters. The number of nitrogens with zero attached hydrogens (tertiary/aromatic N) is 2. The summed E-state index contributed by atoms with van der Waals surface area (Å²) in [6, 6.07) is 26.9. The summed E-state index contributed by atoms with van der Waals surface area (Å²) >= 11 is 17.7. The molecule has 0 N–H and O–H groups in total. The Morgan fingerprint density at radius 1 is 0.800 bits per heavy atom. The highest BCUT2D eigenvalue weighted by atomic mass is 35.6. The molecule has 4 aromatic rings. The van der Waals surface area contributed by atoms with Gasteiger partial charge in [0.05, 0.1) is 18.8 Å². The van der Waals surface area contributed by atoms with Gasteiger partial charge in [-0.25, -0.2) is 0 Å². The maximum Gasteiger partial charge on any atom is 0.258 e. The summed E-state index contributed by atoms with van der Waals surface area (Å²) in [6.07, 6.45) is 0. The summed E-state index contributed by atoms with van der Waals surface area (Å²) in [6.45, 7) is 2.73. The highest BCUT2D eigenvalue weighted by molar-refractivity contribution is 6.77. The van der Waals surface area contributed by atoms with Crippen molar-refractivity contribution in [3.05, 3.63) is 113 Å². The van der Waals surface area contributed by atoms with E-state index < -0.39 is 9.58 Å². The first-order chi connectivity index (χ1) is 16.7. The first kappa shape index (κ1) is 23.7. The van der Waals surface area contributed by atoms with Crippen molar-refractivity contribution in [2.45, 2.75) is 23.8 Å². The van der Waals surface area contributed by atoms with Gasteiger partial charge in [0.2, 0.25) is 5.78 Å². The van der Waals surface area contributed by atoms with E-state index in [0.29, 0.717) is 17.8 Å². The molecular formula is C28H21Cl3N2O2. The molecule has 5 rings (SSSR count). The SMILES string of the molecule is Cc1ccccc1-c1ccc(C(=O)N2Cc3ccc(C(=O)C(Cl)(Cl)Cl)n3Cc3ccccc32)cc1. The minimum absolute atomic E-state index is 0.127. The van der Waals surface area contributed by atoms with Gasteiger partial charge >= 0.3 is 0 Å². The van der Waals surface area contributed by atoms with E-state index >= 15 is 0 Å².